The van der Waals surface area contributed by atoms with E-state index in [0.29, 0.717) is 6.04 Å². The van der Waals surface area contributed by atoms with Crippen molar-refractivity contribution in [3.8, 4) is 0 Å². The molecule has 0 aromatic rings. The second-order valence-electron chi connectivity index (χ2n) is 2.33. The Hall–Kier alpha value is -0.530. The Morgan fingerprint density at radius 3 is 2.10 bits per heavy atom. The Bertz CT molecular complexity index is 102. The fourth-order valence-electron chi connectivity index (χ4n) is 0.840. The second kappa shape index (κ2) is 5.27. The lowest BCUT2D eigenvalue weighted by Gasteiger charge is -2.25. The van der Waals surface area contributed by atoms with E-state index in [1.807, 2.05) is 13.8 Å². The Labute approximate surface area is 64.5 Å². The molecule has 0 unspecified atom stereocenters. The maximum atomic E-state index is 10.3. The minimum atomic E-state index is 0. The fourth-order valence-corrected chi connectivity index (χ4v) is 0.840. The van der Waals surface area contributed by atoms with Gasteiger partial charge in [-0.25, -0.2) is 0 Å². The van der Waals surface area contributed by atoms with Crippen molar-refractivity contribution in [2.24, 2.45) is 0 Å². The van der Waals surface area contributed by atoms with E-state index in [2.05, 4.69) is 5.32 Å². The lowest BCUT2D eigenvalue weighted by Crippen LogP contribution is -2.37. The van der Waals surface area contributed by atoms with Gasteiger partial charge in [-0.3, -0.25) is 4.79 Å². The molecule has 0 aliphatic heterocycles. The zero-order valence-corrected chi connectivity index (χ0v) is 7.11. The van der Waals surface area contributed by atoms with Crippen LogP contribution in [0.25, 0.3) is 0 Å². The SMILES string of the molecule is CC.CC(=O)NC1CCC1.[HH]. The quantitative estimate of drug-likeness (QED) is 0.600. The van der Waals surface area contributed by atoms with Crippen LogP contribution in [-0.2, 0) is 4.79 Å². The normalized spacial score (nSPS) is 16.3. The van der Waals surface area contributed by atoms with Gasteiger partial charge >= 0.3 is 0 Å². The predicted octanol–water partition coefficient (Wildman–Crippen LogP) is 1.95. The summed E-state index contributed by atoms with van der Waals surface area (Å²) < 4.78 is 0. The molecule has 0 atom stereocenters. The number of hydrogen-bond acceptors (Lipinski definition) is 1. The molecule has 0 saturated heterocycles. The van der Waals surface area contributed by atoms with Crippen molar-refractivity contribution in [3.05, 3.63) is 0 Å². The summed E-state index contributed by atoms with van der Waals surface area (Å²) >= 11 is 0. The molecular weight excluding hydrogens is 126 g/mol. The monoisotopic (exact) mass is 145 g/mol. The molecule has 0 aromatic heterocycles. The molecule has 1 N–H and O–H groups in total. The summed E-state index contributed by atoms with van der Waals surface area (Å²) in [6.45, 7) is 5.57. The van der Waals surface area contributed by atoms with E-state index in [1.54, 1.807) is 6.92 Å². The van der Waals surface area contributed by atoms with Crippen LogP contribution in [0.15, 0.2) is 0 Å². The van der Waals surface area contributed by atoms with Crippen LogP contribution >= 0.6 is 0 Å². The maximum absolute atomic E-state index is 10.3. The number of nitrogens with one attached hydrogen (secondary N) is 1. The molecule has 1 aliphatic rings. The lowest BCUT2D eigenvalue weighted by atomic mass is 9.93. The highest BCUT2D eigenvalue weighted by molar-refractivity contribution is 5.73. The fraction of sp³-hybridized carbons (Fsp3) is 0.875. The Balaban J connectivity index is 0. The number of hydrogen-bond donors (Lipinski definition) is 1. The number of rotatable bonds is 1. The summed E-state index contributed by atoms with van der Waals surface area (Å²) in [4.78, 5) is 10.3. The minimum absolute atomic E-state index is 0. The van der Waals surface area contributed by atoms with Crippen LogP contribution in [0.5, 0.6) is 0 Å². The first kappa shape index (κ1) is 9.47. The average Bonchev–Trinajstić information content (AvgIpc) is 1.84. The molecule has 0 aromatic carbocycles. The molecule has 1 saturated carbocycles. The van der Waals surface area contributed by atoms with Gasteiger partial charge in [0.1, 0.15) is 0 Å². The van der Waals surface area contributed by atoms with Gasteiger partial charge in [0.15, 0.2) is 0 Å². The third-order valence-electron chi connectivity index (χ3n) is 1.51. The summed E-state index contributed by atoms with van der Waals surface area (Å²) in [5, 5.41) is 2.84. The predicted molar refractivity (Wildman–Crippen MR) is 44.9 cm³/mol. The third kappa shape index (κ3) is 3.49. The second-order valence-corrected chi connectivity index (χ2v) is 2.33. The lowest BCUT2D eigenvalue weighted by molar-refractivity contribution is -0.120. The highest BCUT2D eigenvalue weighted by Gasteiger charge is 2.16. The third-order valence-corrected chi connectivity index (χ3v) is 1.51. The first-order valence-corrected chi connectivity index (χ1v) is 4.06. The highest BCUT2D eigenvalue weighted by atomic mass is 16.1. The average molecular weight is 145 g/mol. The van der Waals surface area contributed by atoms with Crippen LogP contribution in [-0.4, -0.2) is 11.9 Å². The largest absolute Gasteiger partial charge is 0.354 e. The zero-order chi connectivity index (χ0) is 7.98. The first-order valence-electron chi connectivity index (χ1n) is 4.06. The Morgan fingerprint density at radius 2 is 2.00 bits per heavy atom. The van der Waals surface area contributed by atoms with E-state index in [1.165, 1.54) is 19.3 Å². The Morgan fingerprint density at radius 1 is 1.50 bits per heavy atom. The molecule has 1 fully saturated rings. The maximum Gasteiger partial charge on any atom is 0.217 e. The molecule has 0 radical (unpaired) electrons. The van der Waals surface area contributed by atoms with Gasteiger partial charge in [0.25, 0.3) is 0 Å². The standard InChI is InChI=1S/C6H11NO.C2H6.H2/c1-5(8)7-6-3-2-4-6;1-2;/h6H,2-4H2,1H3,(H,7,8);1-2H3;1H. The zero-order valence-electron chi connectivity index (χ0n) is 7.11. The smallest absolute Gasteiger partial charge is 0.217 e. The van der Waals surface area contributed by atoms with Gasteiger partial charge < -0.3 is 5.32 Å². The van der Waals surface area contributed by atoms with Gasteiger partial charge in [-0.1, -0.05) is 13.8 Å². The van der Waals surface area contributed by atoms with Crippen molar-refractivity contribution in [2.45, 2.75) is 46.1 Å². The molecule has 2 heteroatoms. The molecule has 0 spiro atoms. The molecule has 1 amide bonds. The van der Waals surface area contributed by atoms with Crippen molar-refractivity contribution in [1.82, 2.24) is 5.32 Å². The van der Waals surface area contributed by atoms with Crippen LogP contribution in [0.4, 0.5) is 0 Å². The van der Waals surface area contributed by atoms with Gasteiger partial charge in [0, 0.05) is 14.4 Å². The number of carbonyl (C=O) groups excluding carboxylic acids is 1. The van der Waals surface area contributed by atoms with Crippen LogP contribution in [0.1, 0.15) is 41.5 Å². The number of carbonyl (C=O) groups is 1. The van der Waals surface area contributed by atoms with E-state index in [4.69, 9.17) is 0 Å². The van der Waals surface area contributed by atoms with E-state index in [0.717, 1.165) is 0 Å². The molecule has 0 heterocycles. The molecule has 62 valence electrons. The minimum Gasteiger partial charge on any atom is -0.354 e. The van der Waals surface area contributed by atoms with Crippen molar-refractivity contribution in [2.75, 3.05) is 0 Å². The van der Waals surface area contributed by atoms with Crippen molar-refractivity contribution in [1.29, 1.82) is 0 Å². The highest BCUT2D eigenvalue weighted by Crippen LogP contribution is 2.17. The Kier molecular flexibility index (Phi) is 4.99. The molecule has 1 rings (SSSR count). The van der Waals surface area contributed by atoms with Gasteiger partial charge in [-0.2, -0.15) is 0 Å². The van der Waals surface area contributed by atoms with Gasteiger partial charge in [-0.05, 0) is 19.3 Å². The van der Waals surface area contributed by atoms with E-state index in [9.17, 15) is 4.79 Å². The molecular formula is C8H19NO. The summed E-state index contributed by atoms with van der Waals surface area (Å²) in [7, 11) is 0. The van der Waals surface area contributed by atoms with Crippen LogP contribution in [0, 0.1) is 0 Å². The van der Waals surface area contributed by atoms with Crippen molar-refractivity contribution in [3.63, 3.8) is 0 Å². The summed E-state index contributed by atoms with van der Waals surface area (Å²) in [6, 6.07) is 0.507. The van der Waals surface area contributed by atoms with Gasteiger partial charge in [-0.15, -0.1) is 0 Å². The van der Waals surface area contributed by atoms with Crippen LogP contribution in [0.2, 0.25) is 0 Å². The molecule has 2 nitrogen and oxygen atoms in total. The van der Waals surface area contributed by atoms with E-state index >= 15 is 0 Å². The van der Waals surface area contributed by atoms with Gasteiger partial charge in [0.05, 0.1) is 0 Å². The van der Waals surface area contributed by atoms with Crippen molar-refractivity contribution >= 4 is 5.91 Å². The van der Waals surface area contributed by atoms with Crippen LogP contribution in [0.3, 0.4) is 0 Å². The summed E-state index contributed by atoms with van der Waals surface area (Å²) in [6.07, 6.45) is 3.64. The van der Waals surface area contributed by atoms with E-state index in [-0.39, 0.29) is 7.33 Å². The van der Waals surface area contributed by atoms with Gasteiger partial charge in [0.2, 0.25) is 5.91 Å². The summed E-state index contributed by atoms with van der Waals surface area (Å²) in [5.74, 6) is 0.106. The van der Waals surface area contributed by atoms with Crippen molar-refractivity contribution < 1.29 is 6.22 Å². The number of amides is 1. The van der Waals surface area contributed by atoms with Crippen LogP contribution < -0.4 is 5.32 Å². The summed E-state index contributed by atoms with van der Waals surface area (Å²) in [5.41, 5.74) is 0. The molecule has 10 heavy (non-hydrogen) atoms. The molecule has 0 bridgehead atoms. The van der Waals surface area contributed by atoms with E-state index < -0.39 is 0 Å². The first-order chi connectivity index (χ1) is 4.79. The molecule has 1 aliphatic carbocycles. The topological polar surface area (TPSA) is 29.1 Å².